The van der Waals surface area contributed by atoms with Gasteiger partial charge in [-0.25, -0.2) is 4.98 Å². The standard InChI is InChI=1S/C12H17BrN2S/c13-11-2-1-6-15-12(11)16-9-5-10-3-7-14-8-4-10/h1-2,6,10,14H,3-5,7-9H2. The van der Waals surface area contributed by atoms with Crippen molar-refractivity contribution in [1.82, 2.24) is 10.3 Å². The van der Waals surface area contributed by atoms with Gasteiger partial charge in [0.15, 0.2) is 0 Å². The maximum atomic E-state index is 4.36. The average Bonchev–Trinajstić information content (AvgIpc) is 2.33. The number of hydrogen-bond donors (Lipinski definition) is 1. The van der Waals surface area contributed by atoms with Gasteiger partial charge in [-0.1, -0.05) is 0 Å². The molecule has 2 rings (SSSR count). The molecule has 2 nitrogen and oxygen atoms in total. The number of rotatable bonds is 4. The third-order valence-corrected chi connectivity index (χ3v) is 4.89. The number of nitrogens with one attached hydrogen (secondary N) is 1. The molecule has 0 bridgehead atoms. The maximum Gasteiger partial charge on any atom is 0.110 e. The molecule has 0 radical (unpaired) electrons. The molecule has 0 aromatic carbocycles. The summed E-state index contributed by atoms with van der Waals surface area (Å²) in [7, 11) is 0. The van der Waals surface area contributed by atoms with E-state index < -0.39 is 0 Å². The fraction of sp³-hybridized carbons (Fsp3) is 0.583. The Labute approximate surface area is 110 Å². The Morgan fingerprint density at radius 1 is 1.44 bits per heavy atom. The predicted molar refractivity (Wildman–Crippen MR) is 72.9 cm³/mol. The molecule has 1 N–H and O–H groups in total. The minimum atomic E-state index is 0.913. The van der Waals surface area contributed by atoms with Crippen LogP contribution in [0.15, 0.2) is 27.8 Å². The van der Waals surface area contributed by atoms with Crippen LogP contribution in [-0.4, -0.2) is 23.8 Å². The van der Waals surface area contributed by atoms with Gasteiger partial charge in [0, 0.05) is 10.7 Å². The smallest absolute Gasteiger partial charge is 0.110 e. The summed E-state index contributed by atoms with van der Waals surface area (Å²) in [6, 6.07) is 4.01. The van der Waals surface area contributed by atoms with Crippen LogP contribution in [0.1, 0.15) is 19.3 Å². The van der Waals surface area contributed by atoms with Crippen LogP contribution in [0.4, 0.5) is 0 Å². The van der Waals surface area contributed by atoms with Crippen LogP contribution in [0.5, 0.6) is 0 Å². The highest BCUT2D eigenvalue weighted by Gasteiger charge is 2.12. The lowest BCUT2D eigenvalue weighted by Crippen LogP contribution is -2.27. The Kier molecular flexibility index (Phi) is 5.13. The van der Waals surface area contributed by atoms with Crippen LogP contribution in [0.2, 0.25) is 0 Å². The summed E-state index contributed by atoms with van der Waals surface area (Å²) >= 11 is 5.39. The molecule has 0 aliphatic carbocycles. The molecule has 4 heteroatoms. The molecule has 1 aromatic heterocycles. The zero-order valence-corrected chi connectivity index (χ0v) is 11.7. The molecule has 1 aromatic rings. The van der Waals surface area contributed by atoms with Gasteiger partial charge in [-0.2, -0.15) is 0 Å². The first-order valence-electron chi connectivity index (χ1n) is 5.80. The molecule has 88 valence electrons. The van der Waals surface area contributed by atoms with Gasteiger partial charge in [0.2, 0.25) is 0 Å². The second-order valence-electron chi connectivity index (χ2n) is 4.12. The van der Waals surface area contributed by atoms with Crippen LogP contribution < -0.4 is 5.32 Å². The van der Waals surface area contributed by atoms with Gasteiger partial charge in [0.05, 0.1) is 0 Å². The SMILES string of the molecule is Brc1cccnc1SCCC1CCNCC1. The number of thioether (sulfide) groups is 1. The lowest BCUT2D eigenvalue weighted by molar-refractivity contribution is 0.367. The molecule has 0 unspecified atom stereocenters. The highest BCUT2D eigenvalue weighted by molar-refractivity contribution is 9.10. The number of hydrogen-bond acceptors (Lipinski definition) is 3. The van der Waals surface area contributed by atoms with E-state index in [1.807, 2.05) is 24.0 Å². The van der Waals surface area contributed by atoms with Crippen LogP contribution in [0.3, 0.4) is 0 Å². The minimum Gasteiger partial charge on any atom is -0.317 e. The topological polar surface area (TPSA) is 24.9 Å². The molecule has 1 fully saturated rings. The van der Waals surface area contributed by atoms with Crippen LogP contribution in [0, 0.1) is 5.92 Å². The lowest BCUT2D eigenvalue weighted by atomic mass is 9.96. The van der Waals surface area contributed by atoms with Crippen molar-refractivity contribution in [2.24, 2.45) is 5.92 Å². The number of halogens is 1. The van der Waals surface area contributed by atoms with Crippen LogP contribution in [-0.2, 0) is 0 Å². The average molecular weight is 301 g/mol. The van der Waals surface area contributed by atoms with E-state index in [-0.39, 0.29) is 0 Å². The Hall–Kier alpha value is -0.0600. The first kappa shape index (κ1) is 12.4. The van der Waals surface area contributed by atoms with Gasteiger partial charge < -0.3 is 5.32 Å². The summed E-state index contributed by atoms with van der Waals surface area (Å²) in [6.07, 6.45) is 5.85. The number of pyridine rings is 1. The molecule has 0 saturated carbocycles. The first-order valence-corrected chi connectivity index (χ1v) is 7.58. The van der Waals surface area contributed by atoms with Gasteiger partial charge in [0.1, 0.15) is 5.03 Å². The molecule has 16 heavy (non-hydrogen) atoms. The molecule has 0 spiro atoms. The van der Waals surface area contributed by atoms with E-state index in [2.05, 4.69) is 32.3 Å². The molecule has 1 aliphatic heterocycles. The molecule has 0 amide bonds. The van der Waals surface area contributed by atoms with E-state index in [9.17, 15) is 0 Å². The van der Waals surface area contributed by atoms with Gasteiger partial charge in [-0.3, -0.25) is 0 Å². The summed E-state index contributed by atoms with van der Waals surface area (Å²) < 4.78 is 1.12. The van der Waals surface area contributed by atoms with Crippen molar-refractivity contribution < 1.29 is 0 Å². The normalized spacial score (nSPS) is 17.6. The maximum absolute atomic E-state index is 4.36. The first-order chi connectivity index (χ1) is 7.86. The van der Waals surface area contributed by atoms with Crippen molar-refractivity contribution in [2.45, 2.75) is 24.3 Å². The minimum absolute atomic E-state index is 0.913. The Bertz CT molecular complexity index is 327. The monoisotopic (exact) mass is 300 g/mol. The number of piperidine rings is 1. The van der Waals surface area contributed by atoms with Gasteiger partial charge >= 0.3 is 0 Å². The highest BCUT2D eigenvalue weighted by Crippen LogP contribution is 2.27. The molecule has 1 aliphatic rings. The highest BCUT2D eigenvalue weighted by atomic mass is 79.9. The number of nitrogens with zero attached hydrogens (tertiary/aromatic N) is 1. The van der Waals surface area contributed by atoms with E-state index in [4.69, 9.17) is 0 Å². The van der Waals surface area contributed by atoms with Crippen molar-refractivity contribution >= 4 is 27.7 Å². The summed E-state index contributed by atoms with van der Waals surface area (Å²) in [5.41, 5.74) is 0. The Balaban J connectivity index is 1.73. The van der Waals surface area contributed by atoms with Gasteiger partial charge in [0.25, 0.3) is 0 Å². The Morgan fingerprint density at radius 3 is 3.00 bits per heavy atom. The summed E-state index contributed by atoms with van der Waals surface area (Å²) in [6.45, 7) is 2.39. The molecule has 2 heterocycles. The van der Waals surface area contributed by atoms with E-state index in [0.29, 0.717) is 0 Å². The van der Waals surface area contributed by atoms with Crippen molar-refractivity contribution in [3.05, 3.63) is 22.8 Å². The quantitative estimate of drug-likeness (QED) is 0.864. The largest absolute Gasteiger partial charge is 0.317 e. The predicted octanol–water partition coefficient (Wildman–Crippen LogP) is 3.33. The van der Waals surface area contributed by atoms with Crippen LogP contribution >= 0.6 is 27.7 Å². The Morgan fingerprint density at radius 2 is 2.25 bits per heavy atom. The van der Waals surface area contributed by atoms with E-state index >= 15 is 0 Å². The number of aromatic nitrogens is 1. The molecule has 0 atom stereocenters. The second kappa shape index (κ2) is 6.62. The zero-order valence-electron chi connectivity index (χ0n) is 9.29. The third-order valence-electron chi connectivity index (χ3n) is 2.95. The van der Waals surface area contributed by atoms with Crippen molar-refractivity contribution in [1.29, 1.82) is 0 Å². The van der Waals surface area contributed by atoms with Crippen molar-refractivity contribution in [3.8, 4) is 0 Å². The zero-order chi connectivity index (χ0) is 11.2. The summed E-state index contributed by atoms with van der Waals surface area (Å²) in [4.78, 5) is 4.36. The summed E-state index contributed by atoms with van der Waals surface area (Å²) in [5.74, 6) is 2.09. The van der Waals surface area contributed by atoms with Crippen molar-refractivity contribution in [2.75, 3.05) is 18.8 Å². The summed E-state index contributed by atoms with van der Waals surface area (Å²) in [5, 5.41) is 4.53. The van der Waals surface area contributed by atoms with E-state index in [1.54, 1.807) is 0 Å². The molecular weight excluding hydrogens is 284 g/mol. The molecule has 1 saturated heterocycles. The fourth-order valence-corrected chi connectivity index (χ4v) is 3.55. The van der Waals surface area contributed by atoms with Gasteiger partial charge in [-0.15, -0.1) is 11.8 Å². The van der Waals surface area contributed by atoms with E-state index in [0.717, 1.165) is 15.4 Å². The van der Waals surface area contributed by atoms with E-state index in [1.165, 1.54) is 38.1 Å². The van der Waals surface area contributed by atoms with Gasteiger partial charge in [-0.05, 0) is 72.1 Å². The third kappa shape index (κ3) is 3.75. The van der Waals surface area contributed by atoms with Crippen LogP contribution in [0.25, 0.3) is 0 Å². The second-order valence-corrected chi connectivity index (χ2v) is 6.06. The lowest BCUT2D eigenvalue weighted by Gasteiger charge is -2.22. The fourth-order valence-electron chi connectivity index (χ4n) is 1.97. The van der Waals surface area contributed by atoms with Crippen molar-refractivity contribution in [3.63, 3.8) is 0 Å². The molecular formula is C12H17BrN2S.